The molecule has 0 spiro atoms. The molecule has 0 saturated carbocycles. The van der Waals surface area contributed by atoms with E-state index in [1.54, 1.807) is 6.20 Å². The SMILES string of the molecule is Cn1cc(-c2ccnc3[nH]cc(-c4ccc5nccn5c4)c23)cn1. The van der Waals surface area contributed by atoms with Gasteiger partial charge in [0.15, 0.2) is 0 Å². The van der Waals surface area contributed by atoms with Crippen molar-refractivity contribution in [1.82, 2.24) is 29.1 Å². The Balaban J connectivity index is 1.79. The van der Waals surface area contributed by atoms with Gasteiger partial charge in [-0.3, -0.25) is 4.68 Å². The number of aryl methyl sites for hydroxylation is 1. The van der Waals surface area contributed by atoms with Crippen LogP contribution in [0.15, 0.2) is 61.6 Å². The number of imidazole rings is 1. The van der Waals surface area contributed by atoms with E-state index < -0.39 is 0 Å². The first-order chi connectivity index (χ1) is 11.8. The number of fused-ring (bicyclic) bond motifs is 2. The van der Waals surface area contributed by atoms with Gasteiger partial charge in [-0.2, -0.15) is 5.10 Å². The molecule has 0 amide bonds. The van der Waals surface area contributed by atoms with Gasteiger partial charge in [0.05, 0.1) is 6.20 Å². The molecular formula is C18H14N6. The van der Waals surface area contributed by atoms with Crippen molar-refractivity contribution in [2.24, 2.45) is 7.05 Å². The van der Waals surface area contributed by atoms with E-state index in [9.17, 15) is 0 Å². The van der Waals surface area contributed by atoms with Gasteiger partial charge in [0, 0.05) is 66.3 Å². The molecule has 0 atom stereocenters. The standard InChI is InChI=1S/C18H14N6/c1-23-10-13(8-22-23)14-4-5-20-18-17(14)15(9-21-18)12-2-3-16-19-6-7-24(16)11-12/h2-11H,1H3,(H,20,21). The topological polar surface area (TPSA) is 63.8 Å². The molecular weight excluding hydrogens is 300 g/mol. The van der Waals surface area contributed by atoms with Gasteiger partial charge in [-0.05, 0) is 23.8 Å². The molecule has 5 heterocycles. The third kappa shape index (κ3) is 1.86. The van der Waals surface area contributed by atoms with Crippen LogP contribution in [0.4, 0.5) is 0 Å². The van der Waals surface area contributed by atoms with Crippen LogP contribution < -0.4 is 0 Å². The van der Waals surface area contributed by atoms with Crippen molar-refractivity contribution in [2.75, 3.05) is 0 Å². The summed E-state index contributed by atoms with van der Waals surface area (Å²) < 4.78 is 3.83. The second-order valence-corrected chi connectivity index (χ2v) is 5.80. The molecule has 0 aliphatic carbocycles. The Bertz CT molecular complexity index is 1180. The maximum Gasteiger partial charge on any atom is 0.138 e. The number of aromatic nitrogens is 6. The maximum atomic E-state index is 4.47. The van der Waals surface area contributed by atoms with Crippen LogP contribution in [0.3, 0.4) is 0 Å². The summed E-state index contributed by atoms with van der Waals surface area (Å²) in [6.45, 7) is 0. The number of hydrogen-bond donors (Lipinski definition) is 1. The van der Waals surface area contributed by atoms with Crippen LogP contribution in [-0.4, -0.2) is 29.1 Å². The molecule has 6 heteroatoms. The van der Waals surface area contributed by atoms with Gasteiger partial charge in [-0.1, -0.05) is 0 Å². The number of nitrogens with zero attached hydrogens (tertiary/aromatic N) is 5. The second kappa shape index (κ2) is 4.79. The summed E-state index contributed by atoms with van der Waals surface area (Å²) in [6, 6.07) is 6.14. The van der Waals surface area contributed by atoms with E-state index in [0.717, 1.165) is 38.9 Å². The summed E-state index contributed by atoms with van der Waals surface area (Å²) in [5.74, 6) is 0. The minimum absolute atomic E-state index is 0.872. The van der Waals surface area contributed by atoms with Crippen molar-refractivity contribution in [3.8, 4) is 22.3 Å². The summed E-state index contributed by atoms with van der Waals surface area (Å²) in [5, 5.41) is 5.40. The van der Waals surface area contributed by atoms with Gasteiger partial charge in [0.1, 0.15) is 11.3 Å². The molecule has 0 unspecified atom stereocenters. The number of pyridine rings is 2. The lowest BCUT2D eigenvalue weighted by Gasteiger charge is -2.05. The predicted molar refractivity (Wildman–Crippen MR) is 92.5 cm³/mol. The first-order valence-electron chi connectivity index (χ1n) is 7.68. The molecule has 0 aliphatic rings. The van der Waals surface area contributed by atoms with E-state index in [1.165, 1.54) is 0 Å². The van der Waals surface area contributed by atoms with Gasteiger partial charge in [-0.25, -0.2) is 9.97 Å². The van der Waals surface area contributed by atoms with Crippen molar-refractivity contribution in [3.63, 3.8) is 0 Å². The molecule has 5 aromatic heterocycles. The van der Waals surface area contributed by atoms with Gasteiger partial charge >= 0.3 is 0 Å². The first-order valence-corrected chi connectivity index (χ1v) is 7.68. The Morgan fingerprint density at radius 3 is 2.79 bits per heavy atom. The van der Waals surface area contributed by atoms with Gasteiger partial charge in [0.25, 0.3) is 0 Å². The highest BCUT2D eigenvalue weighted by molar-refractivity contribution is 6.03. The Kier molecular flexibility index (Phi) is 2.61. The maximum absolute atomic E-state index is 4.47. The highest BCUT2D eigenvalue weighted by Gasteiger charge is 2.14. The molecule has 5 rings (SSSR count). The van der Waals surface area contributed by atoms with E-state index in [2.05, 4.69) is 32.3 Å². The molecule has 0 saturated heterocycles. The number of aromatic amines is 1. The fourth-order valence-corrected chi connectivity index (χ4v) is 3.16. The lowest BCUT2D eigenvalue weighted by atomic mass is 10.0. The van der Waals surface area contributed by atoms with Gasteiger partial charge in [0.2, 0.25) is 0 Å². The lowest BCUT2D eigenvalue weighted by molar-refractivity contribution is 0.768. The zero-order valence-corrected chi connectivity index (χ0v) is 13.0. The Morgan fingerprint density at radius 1 is 0.958 bits per heavy atom. The molecule has 6 nitrogen and oxygen atoms in total. The summed E-state index contributed by atoms with van der Waals surface area (Å²) in [7, 11) is 1.92. The molecule has 5 aromatic rings. The monoisotopic (exact) mass is 314 g/mol. The summed E-state index contributed by atoms with van der Waals surface area (Å²) in [4.78, 5) is 12.1. The molecule has 0 aliphatic heterocycles. The third-order valence-electron chi connectivity index (χ3n) is 4.29. The Morgan fingerprint density at radius 2 is 1.92 bits per heavy atom. The zero-order chi connectivity index (χ0) is 16.1. The van der Waals surface area contributed by atoms with Crippen LogP contribution in [0.25, 0.3) is 38.9 Å². The Hall–Kier alpha value is -3.41. The molecule has 1 N–H and O–H groups in total. The summed E-state index contributed by atoms with van der Waals surface area (Å²) in [5.41, 5.74) is 6.24. The fraction of sp³-hybridized carbons (Fsp3) is 0.0556. The van der Waals surface area contributed by atoms with Crippen LogP contribution in [0.2, 0.25) is 0 Å². The zero-order valence-electron chi connectivity index (χ0n) is 13.0. The Labute approximate surface area is 137 Å². The third-order valence-corrected chi connectivity index (χ3v) is 4.29. The molecule has 0 radical (unpaired) electrons. The van der Waals surface area contributed by atoms with E-state index in [4.69, 9.17) is 0 Å². The van der Waals surface area contributed by atoms with Gasteiger partial charge in [-0.15, -0.1) is 0 Å². The van der Waals surface area contributed by atoms with E-state index in [0.29, 0.717) is 0 Å². The van der Waals surface area contributed by atoms with Crippen molar-refractivity contribution >= 4 is 16.7 Å². The minimum atomic E-state index is 0.872. The minimum Gasteiger partial charge on any atom is -0.345 e. The average Bonchev–Trinajstić information content (AvgIpc) is 3.32. The van der Waals surface area contributed by atoms with Crippen LogP contribution in [0, 0.1) is 0 Å². The van der Waals surface area contributed by atoms with Gasteiger partial charge < -0.3 is 9.38 Å². The molecule has 0 bridgehead atoms. The summed E-state index contributed by atoms with van der Waals surface area (Å²) in [6.07, 6.45) is 13.6. The van der Waals surface area contributed by atoms with E-state index in [-0.39, 0.29) is 0 Å². The predicted octanol–water partition coefficient (Wildman–Crippen LogP) is 3.28. The van der Waals surface area contributed by atoms with E-state index >= 15 is 0 Å². The first kappa shape index (κ1) is 13.1. The van der Waals surface area contributed by atoms with Crippen LogP contribution >= 0.6 is 0 Å². The number of nitrogens with one attached hydrogen (secondary N) is 1. The smallest absolute Gasteiger partial charge is 0.138 e. The number of H-pyrrole nitrogens is 1. The molecule has 0 aromatic carbocycles. The summed E-state index contributed by atoms with van der Waals surface area (Å²) >= 11 is 0. The normalized spacial score (nSPS) is 11.5. The van der Waals surface area contributed by atoms with Crippen LogP contribution in [0.1, 0.15) is 0 Å². The van der Waals surface area contributed by atoms with Crippen molar-refractivity contribution in [2.45, 2.75) is 0 Å². The van der Waals surface area contributed by atoms with Crippen LogP contribution in [-0.2, 0) is 7.05 Å². The highest BCUT2D eigenvalue weighted by atomic mass is 15.2. The highest BCUT2D eigenvalue weighted by Crippen LogP contribution is 2.35. The second-order valence-electron chi connectivity index (χ2n) is 5.80. The number of rotatable bonds is 2. The quantitative estimate of drug-likeness (QED) is 0.544. The largest absolute Gasteiger partial charge is 0.345 e. The molecule has 24 heavy (non-hydrogen) atoms. The number of hydrogen-bond acceptors (Lipinski definition) is 3. The lowest BCUT2D eigenvalue weighted by Crippen LogP contribution is -1.87. The van der Waals surface area contributed by atoms with Crippen molar-refractivity contribution in [1.29, 1.82) is 0 Å². The molecule has 116 valence electrons. The van der Waals surface area contributed by atoms with Crippen LogP contribution in [0.5, 0.6) is 0 Å². The fourth-order valence-electron chi connectivity index (χ4n) is 3.16. The molecule has 0 fully saturated rings. The van der Waals surface area contributed by atoms with E-state index in [1.807, 2.05) is 59.2 Å². The average molecular weight is 314 g/mol. The van der Waals surface area contributed by atoms with Crippen molar-refractivity contribution in [3.05, 3.63) is 61.6 Å². The van der Waals surface area contributed by atoms with Crippen molar-refractivity contribution < 1.29 is 0 Å².